The van der Waals surface area contributed by atoms with Crippen LogP contribution in [0.3, 0.4) is 0 Å². The van der Waals surface area contributed by atoms with Crippen LogP contribution in [-0.4, -0.2) is 32.9 Å². The molecule has 0 aromatic carbocycles. The molecule has 1 saturated carbocycles. The number of hydrogen-bond acceptors (Lipinski definition) is 3. The van der Waals surface area contributed by atoms with Crippen molar-refractivity contribution in [2.24, 2.45) is 5.92 Å². The Bertz CT molecular complexity index is 690. The topological polar surface area (TPSA) is 66.1 Å². The van der Waals surface area contributed by atoms with Crippen molar-refractivity contribution in [1.29, 1.82) is 0 Å². The fraction of sp³-hybridized carbons (Fsp3) is 0.737. The molecule has 1 aliphatic carbocycles. The molecule has 2 fully saturated rings. The zero-order chi connectivity index (χ0) is 16.7. The molecule has 0 spiro atoms. The van der Waals surface area contributed by atoms with Crippen molar-refractivity contribution in [3.05, 3.63) is 27.4 Å². The summed E-state index contributed by atoms with van der Waals surface area (Å²) in [6, 6.07) is 0.430. The molecule has 3 aliphatic rings. The van der Waals surface area contributed by atoms with Crippen LogP contribution in [0.5, 0.6) is 0 Å². The summed E-state index contributed by atoms with van der Waals surface area (Å²) in [7, 11) is 0. The number of aryl methyl sites for hydroxylation is 1. The lowest BCUT2D eigenvalue weighted by molar-refractivity contribution is -0.134. The molecule has 1 saturated heterocycles. The predicted molar refractivity (Wildman–Crippen MR) is 91.9 cm³/mol. The second-order valence-electron chi connectivity index (χ2n) is 7.86. The zero-order valence-corrected chi connectivity index (χ0v) is 14.5. The Balaban J connectivity index is 1.51. The smallest absolute Gasteiger partial charge is 0.254 e. The van der Waals surface area contributed by atoms with Gasteiger partial charge in [-0.2, -0.15) is 0 Å². The Morgan fingerprint density at radius 2 is 1.88 bits per heavy atom. The molecule has 1 N–H and O–H groups in total. The van der Waals surface area contributed by atoms with Gasteiger partial charge in [0, 0.05) is 36.9 Å². The second kappa shape index (κ2) is 6.34. The lowest BCUT2D eigenvalue weighted by atomic mass is 9.98. The third kappa shape index (κ3) is 2.89. The number of rotatable bonds is 3. The highest BCUT2D eigenvalue weighted by molar-refractivity contribution is 5.77. The van der Waals surface area contributed by atoms with Crippen LogP contribution in [0.15, 0.2) is 4.79 Å². The summed E-state index contributed by atoms with van der Waals surface area (Å²) in [6.45, 7) is 1.83. The minimum Gasteiger partial charge on any atom is -0.336 e. The van der Waals surface area contributed by atoms with Gasteiger partial charge in [-0.3, -0.25) is 9.59 Å². The highest BCUT2D eigenvalue weighted by Gasteiger charge is 2.40. The van der Waals surface area contributed by atoms with Gasteiger partial charge in [0.1, 0.15) is 5.82 Å². The van der Waals surface area contributed by atoms with Crippen LogP contribution < -0.4 is 5.56 Å². The second-order valence-corrected chi connectivity index (χ2v) is 7.86. The van der Waals surface area contributed by atoms with Crippen LogP contribution in [0.1, 0.15) is 68.4 Å². The molecule has 2 atom stereocenters. The van der Waals surface area contributed by atoms with E-state index in [-0.39, 0.29) is 17.6 Å². The number of nitrogens with zero attached hydrogens (tertiary/aromatic N) is 2. The lowest BCUT2D eigenvalue weighted by Gasteiger charge is -2.28. The molecule has 130 valence electrons. The van der Waals surface area contributed by atoms with Gasteiger partial charge < -0.3 is 9.88 Å². The summed E-state index contributed by atoms with van der Waals surface area (Å²) < 4.78 is 0. The van der Waals surface area contributed by atoms with Crippen molar-refractivity contribution in [2.45, 2.75) is 83.2 Å². The van der Waals surface area contributed by atoms with E-state index in [1.54, 1.807) is 0 Å². The molecule has 5 heteroatoms. The summed E-state index contributed by atoms with van der Waals surface area (Å²) in [5, 5.41) is 0. The van der Waals surface area contributed by atoms with Gasteiger partial charge in [-0.25, -0.2) is 4.98 Å². The van der Waals surface area contributed by atoms with Gasteiger partial charge in [0.25, 0.3) is 5.56 Å². The SMILES string of the molecule is Cc1nc2c(c(=O)[nH]1)C[C@H]1CC[C@@H](C2)N1C(=O)CCC1CCCC1. The first-order valence-electron chi connectivity index (χ1n) is 9.51. The fourth-order valence-electron chi connectivity index (χ4n) is 5.03. The molecule has 0 unspecified atom stereocenters. The minimum atomic E-state index is -0.0107. The number of carbonyl (C=O) groups is 1. The van der Waals surface area contributed by atoms with E-state index in [1.165, 1.54) is 25.7 Å². The van der Waals surface area contributed by atoms with Crippen LogP contribution >= 0.6 is 0 Å². The molecule has 24 heavy (non-hydrogen) atoms. The Kier molecular flexibility index (Phi) is 4.19. The van der Waals surface area contributed by atoms with Crippen LogP contribution in [0, 0.1) is 12.8 Å². The Hall–Kier alpha value is -1.65. The van der Waals surface area contributed by atoms with Crippen LogP contribution in [0.25, 0.3) is 0 Å². The number of fused-ring (bicyclic) bond motifs is 3. The third-order valence-electron chi connectivity index (χ3n) is 6.24. The molecule has 2 bridgehead atoms. The zero-order valence-electron chi connectivity index (χ0n) is 14.5. The van der Waals surface area contributed by atoms with E-state index in [0.29, 0.717) is 24.6 Å². The van der Waals surface area contributed by atoms with Crippen LogP contribution in [-0.2, 0) is 17.6 Å². The van der Waals surface area contributed by atoms with Crippen molar-refractivity contribution in [3.8, 4) is 0 Å². The molecule has 1 aromatic heterocycles. The van der Waals surface area contributed by atoms with Gasteiger partial charge in [-0.1, -0.05) is 25.7 Å². The summed E-state index contributed by atoms with van der Waals surface area (Å²) in [6.07, 6.45) is 10.5. The third-order valence-corrected chi connectivity index (χ3v) is 6.24. The summed E-state index contributed by atoms with van der Waals surface area (Å²) in [5.41, 5.74) is 1.71. The molecule has 5 nitrogen and oxygen atoms in total. The quantitative estimate of drug-likeness (QED) is 0.926. The van der Waals surface area contributed by atoms with Crippen molar-refractivity contribution < 1.29 is 4.79 Å². The first-order chi connectivity index (χ1) is 11.6. The maximum absolute atomic E-state index is 12.9. The van der Waals surface area contributed by atoms with Crippen molar-refractivity contribution >= 4 is 5.91 Å². The Labute approximate surface area is 142 Å². The largest absolute Gasteiger partial charge is 0.336 e. The number of aromatic nitrogens is 2. The summed E-state index contributed by atoms with van der Waals surface area (Å²) in [5.74, 6) is 1.73. The number of H-pyrrole nitrogens is 1. The molecule has 4 rings (SSSR count). The number of hydrogen-bond donors (Lipinski definition) is 1. The molecule has 1 aromatic rings. The highest BCUT2D eigenvalue weighted by Crippen LogP contribution is 2.34. The van der Waals surface area contributed by atoms with Crippen molar-refractivity contribution in [2.75, 3.05) is 0 Å². The molecule has 2 aliphatic heterocycles. The maximum Gasteiger partial charge on any atom is 0.254 e. The molecule has 3 heterocycles. The fourth-order valence-corrected chi connectivity index (χ4v) is 5.03. The van der Waals surface area contributed by atoms with Gasteiger partial charge >= 0.3 is 0 Å². The van der Waals surface area contributed by atoms with Gasteiger partial charge in [-0.05, 0) is 32.1 Å². The average molecular weight is 329 g/mol. The minimum absolute atomic E-state index is 0.0107. The number of amides is 1. The van der Waals surface area contributed by atoms with E-state index in [2.05, 4.69) is 14.9 Å². The van der Waals surface area contributed by atoms with E-state index in [4.69, 9.17) is 0 Å². The van der Waals surface area contributed by atoms with E-state index < -0.39 is 0 Å². The van der Waals surface area contributed by atoms with Crippen molar-refractivity contribution in [1.82, 2.24) is 14.9 Å². The molecule has 1 amide bonds. The molecular formula is C19H27N3O2. The first kappa shape index (κ1) is 15.9. The number of aromatic amines is 1. The van der Waals surface area contributed by atoms with Gasteiger partial charge in [0.15, 0.2) is 0 Å². The normalized spacial score (nSPS) is 26.5. The van der Waals surface area contributed by atoms with Gasteiger partial charge in [-0.15, -0.1) is 0 Å². The van der Waals surface area contributed by atoms with Crippen LogP contribution in [0.2, 0.25) is 0 Å². The molecule has 0 radical (unpaired) electrons. The number of carbonyl (C=O) groups excluding carboxylic acids is 1. The first-order valence-corrected chi connectivity index (χ1v) is 9.51. The maximum atomic E-state index is 12.9. The van der Waals surface area contributed by atoms with Crippen molar-refractivity contribution in [3.63, 3.8) is 0 Å². The number of nitrogens with one attached hydrogen (secondary N) is 1. The van der Waals surface area contributed by atoms with Gasteiger partial charge in [0.05, 0.1) is 5.69 Å². The van der Waals surface area contributed by atoms with Crippen LogP contribution in [0.4, 0.5) is 0 Å². The van der Waals surface area contributed by atoms with Gasteiger partial charge in [0.2, 0.25) is 5.91 Å². The Morgan fingerprint density at radius 3 is 2.62 bits per heavy atom. The monoisotopic (exact) mass is 329 g/mol. The van der Waals surface area contributed by atoms with E-state index in [0.717, 1.165) is 42.9 Å². The summed E-state index contributed by atoms with van der Waals surface area (Å²) in [4.78, 5) is 34.7. The molecular weight excluding hydrogens is 302 g/mol. The highest BCUT2D eigenvalue weighted by atomic mass is 16.2. The Morgan fingerprint density at radius 1 is 1.17 bits per heavy atom. The standard InChI is InChI=1S/C19H27N3O2/c1-12-20-17-11-15-8-7-14(10-16(17)19(24)21-12)22(15)18(23)9-6-13-4-2-3-5-13/h13-15H,2-11H2,1H3,(H,20,21,24)/t14-,15+/m1/s1. The average Bonchev–Trinajstić information content (AvgIpc) is 3.13. The van der Waals surface area contributed by atoms with E-state index >= 15 is 0 Å². The van der Waals surface area contributed by atoms with E-state index in [1.807, 2.05) is 6.92 Å². The summed E-state index contributed by atoms with van der Waals surface area (Å²) >= 11 is 0. The lowest BCUT2D eigenvalue weighted by Crippen LogP contribution is -2.41. The van der Waals surface area contributed by atoms with E-state index in [9.17, 15) is 9.59 Å². The predicted octanol–water partition coefficient (Wildman–Crippen LogP) is 2.51.